The highest BCUT2D eigenvalue weighted by molar-refractivity contribution is 5.94. The fraction of sp³-hybridized carbons (Fsp3) is 0.562. The van der Waals surface area contributed by atoms with Gasteiger partial charge in [0.05, 0.1) is 11.3 Å². The van der Waals surface area contributed by atoms with Crippen LogP contribution < -0.4 is 5.73 Å². The van der Waals surface area contributed by atoms with Crippen molar-refractivity contribution in [2.75, 3.05) is 12.3 Å². The molecule has 0 heterocycles. The minimum absolute atomic E-state index is 0.210. The molecule has 3 N–H and O–H groups in total. The highest BCUT2D eigenvalue weighted by Crippen LogP contribution is 2.26. The number of rotatable bonds is 5. The maximum Gasteiger partial charge on any atom is 0.337 e. The van der Waals surface area contributed by atoms with E-state index < -0.39 is 5.97 Å². The van der Waals surface area contributed by atoms with Crippen molar-refractivity contribution in [3.8, 4) is 0 Å². The SMILES string of the molecule is CCN(Cc1cccc(C(=O)O)c1N)C1CCCCC1. The highest BCUT2D eigenvalue weighted by Gasteiger charge is 2.21. The Bertz CT molecular complexity index is 468. The summed E-state index contributed by atoms with van der Waals surface area (Å²) < 4.78 is 0. The predicted octanol–water partition coefficient (Wildman–Crippen LogP) is 3.12. The van der Waals surface area contributed by atoms with Crippen LogP contribution in [0.15, 0.2) is 18.2 Å². The van der Waals surface area contributed by atoms with Crippen LogP contribution in [0.2, 0.25) is 0 Å². The van der Waals surface area contributed by atoms with Gasteiger partial charge < -0.3 is 10.8 Å². The maximum absolute atomic E-state index is 11.1. The standard InChI is InChI=1S/C16H24N2O2/c1-2-18(13-8-4-3-5-9-13)11-12-7-6-10-14(15(12)17)16(19)20/h6-7,10,13H,2-5,8-9,11,17H2,1H3,(H,19,20). The van der Waals surface area contributed by atoms with E-state index in [2.05, 4.69) is 11.8 Å². The van der Waals surface area contributed by atoms with E-state index in [9.17, 15) is 4.79 Å². The summed E-state index contributed by atoms with van der Waals surface area (Å²) in [6.45, 7) is 3.88. The third kappa shape index (κ3) is 3.31. The fourth-order valence-electron chi connectivity index (χ4n) is 3.10. The zero-order chi connectivity index (χ0) is 14.5. The first-order chi connectivity index (χ1) is 9.63. The van der Waals surface area contributed by atoms with Crippen LogP contribution in [-0.2, 0) is 6.54 Å². The van der Waals surface area contributed by atoms with Crippen molar-refractivity contribution >= 4 is 11.7 Å². The molecule has 1 aliphatic carbocycles. The summed E-state index contributed by atoms with van der Waals surface area (Å²) in [5.74, 6) is -0.954. The van der Waals surface area contributed by atoms with Crippen LogP contribution >= 0.6 is 0 Å². The van der Waals surface area contributed by atoms with Gasteiger partial charge in [0.15, 0.2) is 0 Å². The summed E-state index contributed by atoms with van der Waals surface area (Å²) in [6, 6.07) is 5.90. The largest absolute Gasteiger partial charge is 0.478 e. The van der Waals surface area contributed by atoms with E-state index in [0.717, 1.165) is 18.7 Å². The van der Waals surface area contributed by atoms with Crippen LogP contribution in [0.1, 0.15) is 54.9 Å². The average Bonchev–Trinajstić information content (AvgIpc) is 2.47. The smallest absolute Gasteiger partial charge is 0.337 e. The van der Waals surface area contributed by atoms with Crippen molar-refractivity contribution in [3.05, 3.63) is 29.3 Å². The first-order valence-corrected chi connectivity index (χ1v) is 7.48. The number of nitrogen functional groups attached to an aromatic ring is 1. The van der Waals surface area contributed by atoms with E-state index >= 15 is 0 Å². The molecule has 0 radical (unpaired) electrons. The molecule has 0 unspecified atom stereocenters. The molecule has 0 aliphatic heterocycles. The predicted molar refractivity (Wildman–Crippen MR) is 80.8 cm³/mol. The monoisotopic (exact) mass is 276 g/mol. The van der Waals surface area contributed by atoms with Crippen molar-refractivity contribution in [3.63, 3.8) is 0 Å². The summed E-state index contributed by atoms with van der Waals surface area (Å²) in [4.78, 5) is 13.6. The highest BCUT2D eigenvalue weighted by atomic mass is 16.4. The van der Waals surface area contributed by atoms with E-state index in [1.54, 1.807) is 12.1 Å². The number of hydrogen-bond acceptors (Lipinski definition) is 3. The minimum atomic E-state index is -0.954. The summed E-state index contributed by atoms with van der Waals surface area (Å²) in [7, 11) is 0. The molecule has 2 rings (SSSR count). The second-order valence-corrected chi connectivity index (χ2v) is 5.54. The lowest BCUT2D eigenvalue weighted by atomic mass is 9.93. The fourth-order valence-corrected chi connectivity index (χ4v) is 3.10. The van der Waals surface area contributed by atoms with E-state index in [-0.39, 0.29) is 5.56 Å². The van der Waals surface area contributed by atoms with E-state index in [0.29, 0.717) is 11.7 Å². The lowest BCUT2D eigenvalue weighted by Crippen LogP contribution is -2.36. The third-order valence-corrected chi connectivity index (χ3v) is 4.30. The van der Waals surface area contributed by atoms with Gasteiger partial charge in [-0.2, -0.15) is 0 Å². The molecule has 4 heteroatoms. The molecular weight excluding hydrogens is 252 g/mol. The van der Waals surface area contributed by atoms with Crippen molar-refractivity contribution < 1.29 is 9.90 Å². The van der Waals surface area contributed by atoms with Crippen LogP contribution in [0, 0.1) is 0 Å². The number of aromatic carboxylic acids is 1. The maximum atomic E-state index is 11.1. The van der Waals surface area contributed by atoms with Crippen LogP contribution in [0.4, 0.5) is 5.69 Å². The van der Waals surface area contributed by atoms with Crippen molar-refractivity contribution in [2.45, 2.75) is 51.6 Å². The third-order valence-electron chi connectivity index (χ3n) is 4.30. The normalized spacial score (nSPS) is 16.5. The molecule has 1 saturated carbocycles. The van der Waals surface area contributed by atoms with Gasteiger partial charge in [-0.1, -0.05) is 38.3 Å². The van der Waals surface area contributed by atoms with Crippen LogP contribution in [0.5, 0.6) is 0 Å². The minimum Gasteiger partial charge on any atom is -0.478 e. The first-order valence-electron chi connectivity index (χ1n) is 7.48. The van der Waals surface area contributed by atoms with E-state index in [4.69, 9.17) is 10.8 Å². The number of benzene rings is 1. The summed E-state index contributed by atoms with van der Waals surface area (Å²) in [5, 5.41) is 9.14. The molecule has 4 nitrogen and oxygen atoms in total. The van der Waals surface area contributed by atoms with Gasteiger partial charge >= 0.3 is 5.97 Å². The summed E-state index contributed by atoms with van der Waals surface area (Å²) in [6.07, 6.45) is 6.42. The Morgan fingerprint density at radius 3 is 2.65 bits per heavy atom. The molecule has 0 aromatic heterocycles. The second-order valence-electron chi connectivity index (χ2n) is 5.54. The van der Waals surface area contributed by atoms with Crippen LogP contribution in [-0.4, -0.2) is 28.6 Å². The number of nitrogens with two attached hydrogens (primary N) is 1. The van der Waals surface area contributed by atoms with Crippen molar-refractivity contribution in [1.29, 1.82) is 0 Å². The molecule has 0 saturated heterocycles. The molecular formula is C16H24N2O2. The number of carboxylic acid groups (broad SMARTS) is 1. The Balaban J connectivity index is 2.14. The molecule has 0 atom stereocenters. The van der Waals surface area contributed by atoms with Gasteiger partial charge in [-0.15, -0.1) is 0 Å². The average molecular weight is 276 g/mol. The number of carboxylic acids is 1. The molecule has 1 aromatic carbocycles. The zero-order valence-corrected chi connectivity index (χ0v) is 12.1. The molecule has 110 valence electrons. The second kappa shape index (κ2) is 6.75. The lowest BCUT2D eigenvalue weighted by molar-refractivity contribution is 0.0698. The van der Waals surface area contributed by atoms with Gasteiger partial charge in [-0.25, -0.2) is 4.79 Å². The first kappa shape index (κ1) is 14.9. The van der Waals surface area contributed by atoms with Gasteiger partial charge in [0.2, 0.25) is 0 Å². The molecule has 0 spiro atoms. The zero-order valence-electron chi connectivity index (χ0n) is 12.1. The van der Waals surface area contributed by atoms with Gasteiger partial charge in [-0.3, -0.25) is 4.90 Å². The topological polar surface area (TPSA) is 66.6 Å². The van der Waals surface area contributed by atoms with Crippen LogP contribution in [0.3, 0.4) is 0 Å². The number of nitrogens with zero attached hydrogens (tertiary/aromatic N) is 1. The number of para-hydroxylation sites is 1. The van der Waals surface area contributed by atoms with E-state index in [1.807, 2.05) is 6.07 Å². The summed E-state index contributed by atoms with van der Waals surface area (Å²) >= 11 is 0. The lowest BCUT2D eigenvalue weighted by Gasteiger charge is -2.33. The number of hydrogen-bond donors (Lipinski definition) is 2. The Labute approximate surface area is 120 Å². The van der Waals surface area contributed by atoms with Crippen molar-refractivity contribution in [1.82, 2.24) is 4.90 Å². The van der Waals surface area contributed by atoms with Gasteiger partial charge in [0.25, 0.3) is 0 Å². The molecule has 1 aliphatic rings. The molecule has 0 bridgehead atoms. The number of carbonyl (C=O) groups is 1. The number of anilines is 1. The molecule has 1 aromatic rings. The Kier molecular flexibility index (Phi) is 5.01. The molecule has 0 amide bonds. The quantitative estimate of drug-likeness (QED) is 0.811. The van der Waals surface area contributed by atoms with Gasteiger partial charge in [0, 0.05) is 12.6 Å². The van der Waals surface area contributed by atoms with Crippen LogP contribution in [0.25, 0.3) is 0 Å². The molecule has 20 heavy (non-hydrogen) atoms. The Morgan fingerprint density at radius 2 is 2.05 bits per heavy atom. The van der Waals surface area contributed by atoms with Gasteiger partial charge in [-0.05, 0) is 31.0 Å². The molecule has 1 fully saturated rings. The Hall–Kier alpha value is -1.55. The van der Waals surface area contributed by atoms with Gasteiger partial charge in [0.1, 0.15) is 0 Å². The van der Waals surface area contributed by atoms with Crippen molar-refractivity contribution in [2.24, 2.45) is 0 Å². The van der Waals surface area contributed by atoms with E-state index in [1.165, 1.54) is 32.1 Å². The summed E-state index contributed by atoms with van der Waals surface area (Å²) in [5.41, 5.74) is 7.56. The Morgan fingerprint density at radius 1 is 1.35 bits per heavy atom.